The number of fused-ring (bicyclic) bond motifs is 3. The van der Waals surface area contributed by atoms with Crippen LogP contribution >= 0.6 is 0 Å². The summed E-state index contributed by atoms with van der Waals surface area (Å²) < 4.78 is 0. The monoisotopic (exact) mass is 506 g/mol. The van der Waals surface area contributed by atoms with Crippen LogP contribution in [0.5, 0.6) is 0 Å². The highest BCUT2D eigenvalue weighted by atomic mass is 14.2. The normalized spacial score (nSPS) is 11.5. The molecule has 0 unspecified atom stereocenters. The van der Waals surface area contributed by atoms with E-state index in [1.165, 1.54) is 77.5 Å². The lowest BCUT2D eigenvalue weighted by Crippen LogP contribution is -1.88. The first kappa shape index (κ1) is 22.8. The van der Waals surface area contributed by atoms with Gasteiger partial charge in [0, 0.05) is 0 Å². The first-order chi connectivity index (χ1) is 19.8. The van der Waals surface area contributed by atoms with Crippen molar-refractivity contribution in [3.63, 3.8) is 0 Å². The molecule has 0 saturated carbocycles. The van der Waals surface area contributed by atoms with Crippen LogP contribution in [0.1, 0.15) is 0 Å². The van der Waals surface area contributed by atoms with Crippen molar-refractivity contribution in [2.75, 3.05) is 0 Å². The average Bonchev–Trinajstić information content (AvgIpc) is 3.37. The zero-order valence-electron chi connectivity index (χ0n) is 22.0. The van der Waals surface area contributed by atoms with Crippen molar-refractivity contribution in [2.45, 2.75) is 0 Å². The quantitative estimate of drug-likeness (QED) is 0.223. The summed E-state index contributed by atoms with van der Waals surface area (Å²) in [6.07, 6.45) is 0. The standard InChI is InChI=1S/C40H26/c1-3-10-28(11-4-1)33-23-22-31(26-39(33)29-12-5-2-6-13-29)27-18-20-30(21-19-27)32-24-25-38-35-15-8-7-14-34(35)37-17-9-16-36(32)40(37)38/h1-26H. The summed E-state index contributed by atoms with van der Waals surface area (Å²) in [4.78, 5) is 0. The van der Waals surface area contributed by atoms with Crippen molar-refractivity contribution in [2.24, 2.45) is 0 Å². The lowest BCUT2D eigenvalue weighted by atomic mass is 9.90. The summed E-state index contributed by atoms with van der Waals surface area (Å²) in [5.74, 6) is 0. The molecule has 40 heavy (non-hydrogen) atoms. The van der Waals surface area contributed by atoms with Crippen LogP contribution in [0.15, 0.2) is 158 Å². The molecular weight excluding hydrogens is 480 g/mol. The second-order valence-corrected chi connectivity index (χ2v) is 10.5. The summed E-state index contributed by atoms with van der Waals surface area (Å²) in [6.45, 7) is 0. The van der Waals surface area contributed by atoms with Crippen LogP contribution in [-0.4, -0.2) is 0 Å². The minimum atomic E-state index is 1.22. The molecule has 1 aliphatic carbocycles. The maximum atomic E-state index is 2.34. The summed E-state index contributed by atoms with van der Waals surface area (Å²) in [7, 11) is 0. The Kier molecular flexibility index (Phi) is 5.24. The predicted molar refractivity (Wildman–Crippen MR) is 170 cm³/mol. The molecule has 0 atom stereocenters. The summed E-state index contributed by atoms with van der Waals surface area (Å²) in [6, 6.07) is 57.4. The molecule has 0 heteroatoms. The van der Waals surface area contributed by atoms with E-state index < -0.39 is 0 Å². The average molecular weight is 507 g/mol. The molecule has 186 valence electrons. The SMILES string of the molecule is c1ccc(-c2ccc(-c3ccc(-c4ccc5c6c(cccc46)-c4ccccc4-5)cc3)cc2-c2ccccc2)cc1. The van der Waals surface area contributed by atoms with E-state index in [2.05, 4.69) is 158 Å². The highest BCUT2D eigenvalue weighted by molar-refractivity contribution is 6.18. The Morgan fingerprint density at radius 2 is 0.700 bits per heavy atom. The minimum Gasteiger partial charge on any atom is -0.0622 e. The van der Waals surface area contributed by atoms with E-state index in [9.17, 15) is 0 Å². The minimum absolute atomic E-state index is 1.22. The molecule has 0 radical (unpaired) electrons. The maximum absolute atomic E-state index is 2.34. The second kappa shape index (κ2) is 9.22. The lowest BCUT2D eigenvalue weighted by Gasteiger charge is -2.14. The van der Waals surface area contributed by atoms with Crippen molar-refractivity contribution >= 4 is 10.8 Å². The maximum Gasteiger partial charge on any atom is -0.00201 e. The smallest absolute Gasteiger partial charge is 0.00201 e. The van der Waals surface area contributed by atoms with Gasteiger partial charge in [-0.25, -0.2) is 0 Å². The molecule has 1 aliphatic rings. The van der Waals surface area contributed by atoms with Gasteiger partial charge in [0.15, 0.2) is 0 Å². The molecule has 0 spiro atoms. The molecule has 0 aliphatic heterocycles. The number of hydrogen-bond acceptors (Lipinski definition) is 0. The Labute approximate surface area is 234 Å². The van der Waals surface area contributed by atoms with E-state index in [1.54, 1.807) is 0 Å². The van der Waals surface area contributed by atoms with Crippen LogP contribution < -0.4 is 0 Å². The van der Waals surface area contributed by atoms with Gasteiger partial charge in [-0.15, -0.1) is 0 Å². The van der Waals surface area contributed by atoms with E-state index in [1.807, 2.05) is 0 Å². The largest absolute Gasteiger partial charge is 0.0622 e. The molecule has 0 heterocycles. The van der Waals surface area contributed by atoms with Crippen LogP contribution in [0, 0.1) is 0 Å². The predicted octanol–water partition coefficient (Wildman–Crippen LogP) is 11.2. The van der Waals surface area contributed by atoms with Crippen molar-refractivity contribution in [1.29, 1.82) is 0 Å². The third-order valence-corrected chi connectivity index (χ3v) is 8.27. The highest BCUT2D eigenvalue weighted by Crippen LogP contribution is 2.49. The molecule has 0 aromatic heterocycles. The third kappa shape index (κ3) is 3.61. The fourth-order valence-corrected chi connectivity index (χ4v) is 6.35. The van der Waals surface area contributed by atoms with Gasteiger partial charge < -0.3 is 0 Å². The van der Waals surface area contributed by atoms with Gasteiger partial charge >= 0.3 is 0 Å². The van der Waals surface area contributed by atoms with Crippen molar-refractivity contribution in [3.05, 3.63) is 158 Å². The molecule has 7 aromatic carbocycles. The van der Waals surface area contributed by atoms with Gasteiger partial charge in [0.05, 0.1) is 0 Å². The molecule has 0 amide bonds. The van der Waals surface area contributed by atoms with Crippen LogP contribution in [0.3, 0.4) is 0 Å². The Balaban J connectivity index is 1.21. The van der Waals surface area contributed by atoms with E-state index >= 15 is 0 Å². The van der Waals surface area contributed by atoms with E-state index in [0.29, 0.717) is 0 Å². The third-order valence-electron chi connectivity index (χ3n) is 8.27. The van der Waals surface area contributed by atoms with Gasteiger partial charge in [-0.3, -0.25) is 0 Å². The summed E-state index contributed by atoms with van der Waals surface area (Å²) in [5.41, 5.74) is 15.3. The molecular formula is C40H26. The fourth-order valence-electron chi connectivity index (χ4n) is 6.35. The van der Waals surface area contributed by atoms with E-state index in [-0.39, 0.29) is 0 Å². The second-order valence-electron chi connectivity index (χ2n) is 10.5. The molecule has 0 N–H and O–H groups in total. The van der Waals surface area contributed by atoms with Crippen molar-refractivity contribution < 1.29 is 0 Å². The van der Waals surface area contributed by atoms with Crippen LogP contribution in [-0.2, 0) is 0 Å². The summed E-state index contributed by atoms with van der Waals surface area (Å²) >= 11 is 0. The molecule has 0 saturated heterocycles. The Morgan fingerprint density at radius 3 is 1.40 bits per heavy atom. The first-order valence-electron chi connectivity index (χ1n) is 13.9. The Morgan fingerprint density at radius 1 is 0.225 bits per heavy atom. The van der Waals surface area contributed by atoms with Gasteiger partial charge in [-0.2, -0.15) is 0 Å². The van der Waals surface area contributed by atoms with Gasteiger partial charge in [0.25, 0.3) is 0 Å². The van der Waals surface area contributed by atoms with Gasteiger partial charge in [-0.05, 0) is 83.6 Å². The molecule has 8 rings (SSSR count). The number of rotatable bonds is 4. The van der Waals surface area contributed by atoms with E-state index in [4.69, 9.17) is 0 Å². The Hall–Kier alpha value is -5.20. The van der Waals surface area contributed by atoms with E-state index in [0.717, 1.165) is 0 Å². The molecule has 0 fully saturated rings. The highest BCUT2D eigenvalue weighted by Gasteiger charge is 2.22. The zero-order chi connectivity index (χ0) is 26.5. The molecule has 7 aromatic rings. The topological polar surface area (TPSA) is 0 Å². The molecule has 0 nitrogen and oxygen atoms in total. The van der Waals surface area contributed by atoms with Gasteiger partial charge in [0.2, 0.25) is 0 Å². The molecule has 0 bridgehead atoms. The number of benzene rings is 7. The fraction of sp³-hybridized carbons (Fsp3) is 0. The van der Waals surface area contributed by atoms with Crippen LogP contribution in [0.2, 0.25) is 0 Å². The van der Waals surface area contributed by atoms with Gasteiger partial charge in [0.1, 0.15) is 0 Å². The summed E-state index contributed by atoms with van der Waals surface area (Å²) in [5, 5.41) is 2.69. The lowest BCUT2D eigenvalue weighted by molar-refractivity contribution is 1.56. The van der Waals surface area contributed by atoms with Crippen molar-refractivity contribution in [3.8, 4) is 66.8 Å². The number of hydrogen-bond donors (Lipinski definition) is 0. The zero-order valence-corrected chi connectivity index (χ0v) is 22.0. The van der Waals surface area contributed by atoms with Gasteiger partial charge in [-0.1, -0.05) is 152 Å². The first-order valence-corrected chi connectivity index (χ1v) is 13.9. The van der Waals surface area contributed by atoms with Crippen LogP contribution in [0.25, 0.3) is 77.5 Å². The van der Waals surface area contributed by atoms with Crippen molar-refractivity contribution in [1.82, 2.24) is 0 Å². The van der Waals surface area contributed by atoms with Crippen LogP contribution in [0.4, 0.5) is 0 Å². The Bertz CT molecular complexity index is 1990.